The molecule has 118 valence electrons. The molecule has 0 aromatic heterocycles. The second kappa shape index (κ2) is 6.48. The number of ether oxygens (including phenoxy) is 1. The molecule has 3 atom stereocenters. The summed E-state index contributed by atoms with van der Waals surface area (Å²) in [5.41, 5.74) is 1.71. The number of nitrogens with one attached hydrogen (secondary N) is 1. The van der Waals surface area contributed by atoms with Gasteiger partial charge in [-0.25, -0.2) is 0 Å². The Morgan fingerprint density at radius 3 is 2.82 bits per heavy atom. The summed E-state index contributed by atoms with van der Waals surface area (Å²) in [7, 11) is 0. The van der Waals surface area contributed by atoms with Gasteiger partial charge in [-0.15, -0.1) is 0 Å². The maximum Gasteiger partial charge on any atom is 0.308 e. The van der Waals surface area contributed by atoms with Crippen LogP contribution in [-0.4, -0.2) is 36.2 Å². The Balaban J connectivity index is 1.69. The first-order valence-electron chi connectivity index (χ1n) is 7.86. The van der Waals surface area contributed by atoms with Crippen LogP contribution in [0.1, 0.15) is 47.5 Å². The second-order valence-electron chi connectivity index (χ2n) is 6.14. The van der Waals surface area contributed by atoms with Crippen molar-refractivity contribution in [2.75, 3.05) is 13.2 Å². The molecular weight excluding hydrogens is 282 g/mol. The summed E-state index contributed by atoms with van der Waals surface area (Å²) in [6.07, 6.45) is 3.20. The lowest BCUT2D eigenvalue weighted by Gasteiger charge is -2.18. The molecule has 1 unspecified atom stereocenters. The highest BCUT2D eigenvalue weighted by Crippen LogP contribution is 2.27. The third kappa shape index (κ3) is 3.14. The number of hydrogen-bond donors (Lipinski definition) is 2. The van der Waals surface area contributed by atoms with E-state index in [1.165, 1.54) is 0 Å². The van der Waals surface area contributed by atoms with Crippen molar-refractivity contribution in [3.05, 3.63) is 35.4 Å². The molecule has 0 bridgehead atoms. The summed E-state index contributed by atoms with van der Waals surface area (Å²) in [6.45, 7) is 1.47. The predicted octanol–water partition coefficient (Wildman–Crippen LogP) is 2.17. The Hall–Kier alpha value is -1.88. The van der Waals surface area contributed by atoms with Crippen LogP contribution in [0, 0.1) is 5.92 Å². The summed E-state index contributed by atoms with van der Waals surface area (Å²) < 4.78 is 5.39. The van der Waals surface area contributed by atoms with Gasteiger partial charge in [-0.2, -0.15) is 0 Å². The van der Waals surface area contributed by atoms with Crippen molar-refractivity contribution >= 4 is 11.9 Å². The third-order valence-corrected chi connectivity index (χ3v) is 4.70. The minimum Gasteiger partial charge on any atom is -0.481 e. The van der Waals surface area contributed by atoms with Crippen molar-refractivity contribution in [1.82, 2.24) is 5.32 Å². The molecule has 1 saturated heterocycles. The molecule has 1 aliphatic carbocycles. The largest absolute Gasteiger partial charge is 0.481 e. The van der Waals surface area contributed by atoms with E-state index < -0.39 is 11.9 Å². The highest BCUT2D eigenvalue weighted by atomic mass is 16.5. The first kappa shape index (κ1) is 15.0. The predicted molar refractivity (Wildman–Crippen MR) is 80.9 cm³/mol. The van der Waals surface area contributed by atoms with E-state index in [-0.39, 0.29) is 11.9 Å². The number of hydrogen-bond acceptors (Lipinski definition) is 3. The Morgan fingerprint density at radius 2 is 2.09 bits per heavy atom. The van der Waals surface area contributed by atoms with E-state index in [0.717, 1.165) is 31.4 Å². The first-order valence-corrected chi connectivity index (χ1v) is 7.86. The van der Waals surface area contributed by atoms with E-state index in [0.29, 0.717) is 24.5 Å². The molecule has 1 aromatic rings. The second-order valence-corrected chi connectivity index (χ2v) is 6.14. The molecule has 5 heteroatoms. The van der Waals surface area contributed by atoms with Crippen LogP contribution in [0.2, 0.25) is 0 Å². The van der Waals surface area contributed by atoms with Gasteiger partial charge >= 0.3 is 5.97 Å². The van der Waals surface area contributed by atoms with Gasteiger partial charge in [-0.3, -0.25) is 9.59 Å². The Bertz CT molecular complexity index is 566. The van der Waals surface area contributed by atoms with Crippen molar-refractivity contribution in [2.24, 2.45) is 5.92 Å². The topological polar surface area (TPSA) is 75.6 Å². The Labute approximate surface area is 129 Å². The lowest BCUT2D eigenvalue weighted by molar-refractivity contribution is -0.142. The number of carbonyl (C=O) groups is 2. The number of carbonyl (C=O) groups excluding carboxylic acids is 1. The van der Waals surface area contributed by atoms with Gasteiger partial charge in [0.25, 0.3) is 5.91 Å². The number of carboxylic acids is 1. The third-order valence-electron chi connectivity index (χ3n) is 4.70. The average Bonchev–Trinajstić information content (AvgIpc) is 3.18. The fraction of sp³-hybridized carbons (Fsp3) is 0.529. The van der Waals surface area contributed by atoms with Crippen LogP contribution in [0.5, 0.6) is 0 Å². The van der Waals surface area contributed by atoms with Crippen LogP contribution in [0.25, 0.3) is 0 Å². The Morgan fingerprint density at radius 1 is 1.23 bits per heavy atom. The van der Waals surface area contributed by atoms with Gasteiger partial charge in [0.1, 0.15) is 0 Å². The van der Waals surface area contributed by atoms with Crippen LogP contribution in [0.3, 0.4) is 0 Å². The molecule has 5 nitrogen and oxygen atoms in total. The van der Waals surface area contributed by atoms with Gasteiger partial charge in [0.15, 0.2) is 0 Å². The fourth-order valence-electron chi connectivity index (χ4n) is 3.41. The van der Waals surface area contributed by atoms with Gasteiger partial charge in [0.05, 0.1) is 12.5 Å². The van der Waals surface area contributed by atoms with Crippen LogP contribution >= 0.6 is 0 Å². The van der Waals surface area contributed by atoms with Crippen molar-refractivity contribution in [1.29, 1.82) is 0 Å². The molecule has 22 heavy (non-hydrogen) atoms. The zero-order chi connectivity index (χ0) is 15.5. The molecule has 1 heterocycles. The van der Waals surface area contributed by atoms with Crippen LogP contribution < -0.4 is 5.32 Å². The molecule has 2 N–H and O–H groups in total. The average molecular weight is 303 g/mol. The number of aliphatic carboxylic acids is 1. The number of rotatable bonds is 4. The molecule has 2 fully saturated rings. The molecular formula is C17H21NO4. The number of benzene rings is 1. The molecule has 1 aromatic carbocycles. The van der Waals surface area contributed by atoms with Gasteiger partial charge in [0.2, 0.25) is 0 Å². The van der Waals surface area contributed by atoms with Crippen molar-refractivity contribution in [2.45, 2.75) is 37.6 Å². The van der Waals surface area contributed by atoms with Crippen LogP contribution in [-0.2, 0) is 9.53 Å². The fourth-order valence-corrected chi connectivity index (χ4v) is 3.41. The van der Waals surface area contributed by atoms with Gasteiger partial charge in [-0.1, -0.05) is 18.6 Å². The van der Waals surface area contributed by atoms with Gasteiger partial charge in [-0.05, 0) is 37.0 Å². The summed E-state index contributed by atoms with van der Waals surface area (Å²) in [5.74, 6) is -1.11. The summed E-state index contributed by atoms with van der Waals surface area (Å²) in [5, 5.41) is 12.1. The van der Waals surface area contributed by atoms with E-state index >= 15 is 0 Å². The first-order chi connectivity index (χ1) is 10.6. The molecule has 1 aliphatic heterocycles. The minimum atomic E-state index is -0.820. The minimum absolute atomic E-state index is 0.182. The van der Waals surface area contributed by atoms with E-state index in [4.69, 9.17) is 4.74 Å². The van der Waals surface area contributed by atoms with Gasteiger partial charge < -0.3 is 15.2 Å². The molecule has 1 amide bonds. The lowest BCUT2D eigenvalue weighted by Crippen LogP contribution is -2.40. The lowest BCUT2D eigenvalue weighted by atomic mass is 9.96. The van der Waals surface area contributed by atoms with E-state index in [1.807, 2.05) is 18.2 Å². The highest BCUT2D eigenvalue weighted by molar-refractivity contribution is 5.95. The molecule has 3 rings (SSSR count). The zero-order valence-corrected chi connectivity index (χ0v) is 12.5. The van der Waals surface area contributed by atoms with Crippen molar-refractivity contribution in [3.8, 4) is 0 Å². The molecule has 2 aliphatic rings. The Kier molecular flexibility index (Phi) is 4.43. The number of amides is 1. The maximum atomic E-state index is 12.4. The summed E-state index contributed by atoms with van der Waals surface area (Å²) in [6, 6.07) is 7.32. The maximum absolute atomic E-state index is 12.4. The highest BCUT2D eigenvalue weighted by Gasteiger charge is 2.34. The monoisotopic (exact) mass is 303 g/mol. The molecule has 0 spiro atoms. The smallest absolute Gasteiger partial charge is 0.308 e. The van der Waals surface area contributed by atoms with Gasteiger partial charge in [0, 0.05) is 24.1 Å². The molecule has 1 saturated carbocycles. The van der Waals surface area contributed by atoms with E-state index in [1.54, 1.807) is 6.07 Å². The zero-order valence-electron chi connectivity index (χ0n) is 12.5. The summed E-state index contributed by atoms with van der Waals surface area (Å²) in [4.78, 5) is 23.6. The number of carboxylic acid groups (broad SMARTS) is 1. The SMILES string of the molecule is O=C(N[C@H]1CCC[C@H]1C(=O)O)c1cccc(C2CCOC2)c1. The van der Waals surface area contributed by atoms with Crippen LogP contribution in [0.4, 0.5) is 0 Å². The van der Waals surface area contributed by atoms with E-state index in [9.17, 15) is 14.7 Å². The molecule has 0 radical (unpaired) electrons. The normalized spacial score (nSPS) is 27.7. The standard InChI is InChI=1S/C17H21NO4/c19-16(18-15-6-2-5-14(15)17(20)21)12-4-1-3-11(9-12)13-7-8-22-10-13/h1,3-4,9,13-15H,2,5-8,10H2,(H,18,19)(H,20,21)/t13?,14-,15+/m1/s1. The van der Waals surface area contributed by atoms with Crippen LogP contribution in [0.15, 0.2) is 24.3 Å². The summed E-state index contributed by atoms with van der Waals surface area (Å²) >= 11 is 0. The van der Waals surface area contributed by atoms with Crippen molar-refractivity contribution < 1.29 is 19.4 Å². The quantitative estimate of drug-likeness (QED) is 0.894. The van der Waals surface area contributed by atoms with E-state index in [2.05, 4.69) is 5.32 Å². The van der Waals surface area contributed by atoms with Crippen molar-refractivity contribution in [3.63, 3.8) is 0 Å².